The molecule has 0 spiro atoms. The van der Waals surface area contributed by atoms with Crippen molar-refractivity contribution < 1.29 is 4.79 Å². The van der Waals surface area contributed by atoms with Gasteiger partial charge in [0.2, 0.25) is 5.91 Å². The lowest BCUT2D eigenvalue weighted by Crippen LogP contribution is -2.56. The molecular formula is C11H23N5O. The molecule has 2 aliphatic carbocycles. The second kappa shape index (κ2) is 3.91. The molecule has 5 atom stereocenters. The van der Waals surface area contributed by atoms with Crippen LogP contribution in [-0.4, -0.2) is 36.1 Å². The summed E-state index contributed by atoms with van der Waals surface area (Å²) in [6.07, 6.45) is 1.51. The van der Waals surface area contributed by atoms with Crippen molar-refractivity contribution in [1.82, 2.24) is 5.32 Å². The van der Waals surface area contributed by atoms with E-state index < -0.39 is 5.54 Å². The molecule has 0 radical (unpaired) electrons. The van der Waals surface area contributed by atoms with Crippen LogP contribution in [0.15, 0.2) is 0 Å². The third-order valence-electron chi connectivity index (χ3n) is 4.46. The molecule has 17 heavy (non-hydrogen) atoms. The molecule has 6 nitrogen and oxygen atoms in total. The predicted molar refractivity (Wildman–Crippen MR) is 65.8 cm³/mol. The molecule has 2 aliphatic rings. The first kappa shape index (κ1) is 12.8. The Morgan fingerprint density at radius 3 is 2.29 bits per heavy atom. The Kier molecular flexibility index (Phi) is 2.94. The molecule has 2 saturated carbocycles. The molecule has 0 bridgehead atoms. The number of carbonyl (C=O) groups excluding carboxylic acids is 1. The van der Waals surface area contributed by atoms with Crippen LogP contribution in [0.5, 0.6) is 0 Å². The van der Waals surface area contributed by atoms with E-state index in [1.165, 1.54) is 0 Å². The Morgan fingerprint density at radius 2 is 1.94 bits per heavy atom. The maximum Gasteiger partial charge on any atom is 0.240 e. The van der Waals surface area contributed by atoms with Crippen molar-refractivity contribution in [2.24, 2.45) is 34.8 Å². The van der Waals surface area contributed by atoms with Gasteiger partial charge in [0.25, 0.3) is 0 Å². The van der Waals surface area contributed by atoms with Gasteiger partial charge < -0.3 is 28.3 Å². The summed E-state index contributed by atoms with van der Waals surface area (Å²) < 4.78 is 0. The fourth-order valence-corrected chi connectivity index (χ4v) is 2.72. The van der Waals surface area contributed by atoms with Crippen LogP contribution in [0.25, 0.3) is 0 Å². The average Bonchev–Trinajstić information content (AvgIpc) is 3.14. The molecule has 0 heterocycles. The summed E-state index contributed by atoms with van der Waals surface area (Å²) in [5.41, 5.74) is 22.0. The van der Waals surface area contributed by atoms with Crippen LogP contribution in [0.2, 0.25) is 0 Å². The minimum atomic E-state index is -0.779. The van der Waals surface area contributed by atoms with Crippen LogP contribution in [0.1, 0.15) is 19.8 Å². The Bertz CT molecular complexity index is 334. The fourth-order valence-electron chi connectivity index (χ4n) is 2.72. The highest BCUT2D eigenvalue weighted by molar-refractivity contribution is 5.91. The zero-order valence-corrected chi connectivity index (χ0v) is 10.3. The smallest absolute Gasteiger partial charge is 0.240 e. The van der Waals surface area contributed by atoms with Gasteiger partial charge in [-0.05, 0) is 38.8 Å². The van der Waals surface area contributed by atoms with E-state index in [4.69, 9.17) is 22.9 Å². The van der Waals surface area contributed by atoms with E-state index in [0.717, 1.165) is 6.42 Å². The molecule has 2 rings (SSSR count). The average molecular weight is 241 g/mol. The van der Waals surface area contributed by atoms with E-state index in [1.54, 1.807) is 0 Å². The molecular weight excluding hydrogens is 218 g/mol. The third kappa shape index (κ3) is 1.85. The molecule has 0 aliphatic heterocycles. The Balaban J connectivity index is 2.00. The zero-order valence-electron chi connectivity index (χ0n) is 10.3. The Labute approximate surface area is 101 Å². The SMILES string of the molecule is CC(N)C1(NC(=O)[C@@]2(N)C[C@@H]2CN)CC1CN. The highest BCUT2D eigenvalue weighted by atomic mass is 16.2. The lowest BCUT2D eigenvalue weighted by Gasteiger charge is -2.25. The topological polar surface area (TPSA) is 133 Å². The highest BCUT2D eigenvalue weighted by Crippen LogP contribution is 2.47. The monoisotopic (exact) mass is 241 g/mol. The van der Waals surface area contributed by atoms with Crippen LogP contribution in [-0.2, 0) is 4.79 Å². The second-order valence-electron chi connectivity index (χ2n) is 5.60. The molecule has 1 amide bonds. The van der Waals surface area contributed by atoms with E-state index in [9.17, 15) is 4.79 Å². The van der Waals surface area contributed by atoms with Gasteiger partial charge in [0, 0.05) is 12.0 Å². The van der Waals surface area contributed by atoms with Gasteiger partial charge in [0.15, 0.2) is 0 Å². The van der Waals surface area contributed by atoms with Gasteiger partial charge in [-0.15, -0.1) is 0 Å². The standard InChI is InChI=1S/C11H23N5O/c1-6(14)11(3-8(11)5-13)16-9(17)10(15)2-7(10)4-12/h6-8H,2-5,12-15H2,1H3,(H,16,17)/t6?,7-,8?,10-,11?/m1/s1. The normalized spacial score (nSPS) is 45.2. The van der Waals surface area contributed by atoms with Crippen molar-refractivity contribution in [3.8, 4) is 0 Å². The highest BCUT2D eigenvalue weighted by Gasteiger charge is 2.62. The summed E-state index contributed by atoms with van der Waals surface area (Å²) in [7, 11) is 0. The molecule has 3 unspecified atom stereocenters. The Hall–Kier alpha value is -0.690. The van der Waals surface area contributed by atoms with E-state index in [0.29, 0.717) is 19.5 Å². The van der Waals surface area contributed by atoms with Gasteiger partial charge >= 0.3 is 0 Å². The molecule has 2 fully saturated rings. The molecule has 98 valence electrons. The van der Waals surface area contributed by atoms with Crippen LogP contribution < -0.4 is 28.3 Å². The number of carbonyl (C=O) groups is 1. The summed E-state index contributed by atoms with van der Waals surface area (Å²) in [5.74, 6) is 0.244. The molecule has 0 aromatic rings. The molecule has 9 N–H and O–H groups in total. The number of rotatable bonds is 5. The van der Waals surface area contributed by atoms with Gasteiger partial charge in [-0.2, -0.15) is 0 Å². The lowest BCUT2D eigenvalue weighted by atomic mass is 10.0. The van der Waals surface area contributed by atoms with Crippen molar-refractivity contribution in [3.05, 3.63) is 0 Å². The summed E-state index contributed by atoms with van der Waals surface area (Å²) >= 11 is 0. The van der Waals surface area contributed by atoms with Crippen molar-refractivity contribution in [2.75, 3.05) is 13.1 Å². The first-order chi connectivity index (χ1) is 7.90. The molecule has 0 aromatic carbocycles. The van der Waals surface area contributed by atoms with Crippen LogP contribution in [0, 0.1) is 11.8 Å². The van der Waals surface area contributed by atoms with E-state index in [2.05, 4.69) is 5.32 Å². The second-order valence-corrected chi connectivity index (χ2v) is 5.60. The lowest BCUT2D eigenvalue weighted by molar-refractivity contribution is -0.124. The first-order valence-corrected chi connectivity index (χ1v) is 6.18. The van der Waals surface area contributed by atoms with E-state index in [1.807, 2.05) is 6.92 Å². The van der Waals surface area contributed by atoms with Crippen LogP contribution >= 0.6 is 0 Å². The summed E-state index contributed by atoms with van der Waals surface area (Å²) in [4.78, 5) is 12.1. The largest absolute Gasteiger partial charge is 0.347 e. The van der Waals surface area contributed by atoms with Gasteiger partial charge in [-0.25, -0.2) is 0 Å². The third-order valence-corrected chi connectivity index (χ3v) is 4.46. The van der Waals surface area contributed by atoms with Crippen molar-refractivity contribution in [1.29, 1.82) is 0 Å². The number of nitrogens with two attached hydrogens (primary N) is 4. The van der Waals surface area contributed by atoms with Crippen LogP contribution in [0.3, 0.4) is 0 Å². The number of hydrogen-bond acceptors (Lipinski definition) is 5. The van der Waals surface area contributed by atoms with Crippen molar-refractivity contribution in [2.45, 2.75) is 36.9 Å². The Morgan fingerprint density at radius 1 is 1.35 bits per heavy atom. The number of nitrogens with one attached hydrogen (secondary N) is 1. The maximum absolute atomic E-state index is 12.1. The maximum atomic E-state index is 12.1. The molecule has 6 heteroatoms. The van der Waals surface area contributed by atoms with Gasteiger partial charge in [-0.3, -0.25) is 4.79 Å². The minimum absolute atomic E-state index is 0.0997. The van der Waals surface area contributed by atoms with E-state index >= 15 is 0 Å². The first-order valence-electron chi connectivity index (χ1n) is 6.18. The minimum Gasteiger partial charge on any atom is -0.347 e. The fraction of sp³-hybridized carbons (Fsp3) is 0.909. The quantitative estimate of drug-likeness (QED) is 0.374. The summed E-state index contributed by atoms with van der Waals surface area (Å²) in [6.45, 7) is 2.89. The van der Waals surface area contributed by atoms with E-state index in [-0.39, 0.29) is 29.3 Å². The predicted octanol–water partition coefficient (Wildman–Crippen LogP) is -2.16. The van der Waals surface area contributed by atoms with Gasteiger partial charge in [0.1, 0.15) is 0 Å². The van der Waals surface area contributed by atoms with Crippen LogP contribution in [0.4, 0.5) is 0 Å². The molecule has 0 aromatic heterocycles. The molecule has 0 saturated heterocycles. The summed E-state index contributed by atoms with van der Waals surface area (Å²) in [5, 5.41) is 3.01. The van der Waals surface area contributed by atoms with Crippen molar-refractivity contribution >= 4 is 5.91 Å². The van der Waals surface area contributed by atoms with Gasteiger partial charge in [-0.1, -0.05) is 0 Å². The number of amides is 1. The summed E-state index contributed by atoms with van der Waals surface area (Å²) in [6, 6.07) is -0.112. The van der Waals surface area contributed by atoms with Crippen molar-refractivity contribution in [3.63, 3.8) is 0 Å². The zero-order chi connectivity index (χ0) is 12.8. The number of hydrogen-bond donors (Lipinski definition) is 5. The van der Waals surface area contributed by atoms with Gasteiger partial charge in [0.05, 0.1) is 11.1 Å².